The van der Waals surface area contributed by atoms with Crippen LogP contribution in [0.1, 0.15) is 52.4 Å². The first-order chi connectivity index (χ1) is 6.70. The van der Waals surface area contributed by atoms with Crippen LogP contribution in [0.25, 0.3) is 0 Å². The summed E-state index contributed by atoms with van der Waals surface area (Å²) in [6, 6.07) is 0.633. The average Bonchev–Trinajstić information content (AvgIpc) is 2.18. The number of aliphatic hydroxyl groups excluding tert-OH is 1. The predicted molar refractivity (Wildman–Crippen MR) is 60.3 cm³/mol. The van der Waals surface area contributed by atoms with Crippen molar-refractivity contribution in [1.82, 2.24) is 5.32 Å². The second-order valence-corrected chi connectivity index (χ2v) is 4.78. The summed E-state index contributed by atoms with van der Waals surface area (Å²) < 4.78 is 0. The molecule has 0 radical (unpaired) electrons. The summed E-state index contributed by atoms with van der Waals surface area (Å²) in [6.45, 7) is 5.10. The zero-order chi connectivity index (χ0) is 10.4. The fraction of sp³-hybridized carbons (Fsp3) is 1.00. The molecule has 2 N–H and O–H groups in total. The van der Waals surface area contributed by atoms with E-state index in [-0.39, 0.29) is 6.10 Å². The number of hydrogen-bond donors (Lipinski definition) is 2. The second-order valence-electron chi connectivity index (χ2n) is 4.78. The lowest BCUT2D eigenvalue weighted by molar-refractivity contribution is 0.178. The zero-order valence-electron chi connectivity index (χ0n) is 9.63. The van der Waals surface area contributed by atoms with E-state index in [1.807, 2.05) is 6.92 Å². The van der Waals surface area contributed by atoms with E-state index in [9.17, 15) is 0 Å². The van der Waals surface area contributed by atoms with Crippen LogP contribution in [0, 0.1) is 5.92 Å². The van der Waals surface area contributed by atoms with E-state index in [1.165, 1.54) is 32.1 Å². The van der Waals surface area contributed by atoms with Crippen LogP contribution in [0.4, 0.5) is 0 Å². The van der Waals surface area contributed by atoms with Crippen LogP contribution in [0.3, 0.4) is 0 Å². The molecule has 2 atom stereocenters. The van der Waals surface area contributed by atoms with Crippen molar-refractivity contribution in [2.24, 2.45) is 5.92 Å². The maximum absolute atomic E-state index is 9.14. The molecule has 0 aromatic rings. The van der Waals surface area contributed by atoms with Crippen molar-refractivity contribution < 1.29 is 5.11 Å². The molecule has 0 heterocycles. The maximum Gasteiger partial charge on any atom is 0.0524 e. The molecule has 1 aliphatic carbocycles. The fourth-order valence-electron chi connectivity index (χ4n) is 2.32. The van der Waals surface area contributed by atoms with E-state index in [1.54, 1.807) is 0 Å². The van der Waals surface area contributed by atoms with Gasteiger partial charge in [0.2, 0.25) is 0 Å². The van der Waals surface area contributed by atoms with Gasteiger partial charge in [0.05, 0.1) is 6.10 Å². The summed E-state index contributed by atoms with van der Waals surface area (Å²) in [5.74, 6) is 0.873. The first-order valence-electron chi connectivity index (χ1n) is 6.11. The quantitative estimate of drug-likeness (QED) is 0.712. The third-order valence-corrected chi connectivity index (χ3v) is 3.39. The molecule has 1 aliphatic rings. The molecule has 84 valence electrons. The summed E-state index contributed by atoms with van der Waals surface area (Å²) in [6.07, 6.45) is 7.74. The minimum absolute atomic E-state index is 0.166. The smallest absolute Gasteiger partial charge is 0.0524 e. The molecule has 2 heteroatoms. The van der Waals surface area contributed by atoms with Crippen molar-refractivity contribution >= 4 is 0 Å². The van der Waals surface area contributed by atoms with Crippen molar-refractivity contribution in [3.8, 4) is 0 Å². The molecule has 0 saturated heterocycles. The van der Waals surface area contributed by atoms with E-state index in [0.717, 1.165) is 18.9 Å². The van der Waals surface area contributed by atoms with Crippen LogP contribution < -0.4 is 5.32 Å². The third kappa shape index (κ3) is 4.43. The highest BCUT2D eigenvalue weighted by atomic mass is 16.3. The zero-order valence-corrected chi connectivity index (χ0v) is 9.63. The Morgan fingerprint density at radius 2 is 1.86 bits per heavy atom. The van der Waals surface area contributed by atoms with Crippen LogP contribution in [-0.2, 0) is 0 Å². The first-order valence-corrected chi connectivity index (χ1v) is 6.11. The fourth-order valence-corrected chi connectivity index (χ4v) is 2.32. The largest absolute Gasteiger partial charge is 0.393 e. The monoisotopic (exact) mass is 199 g/mol. The Bertz CT molecular complexity index is 141. The maximum atomic E-state index is 9.14. The predicted octanol–water partition coefficient (Wildman–Crippen LogP) is 2.32. The van der Waals surface area contributed by atoms with Gasteiger partial charge in [0.15, 0.2) is 0 Å². The lowest BCUT2D eigenvalue weighted by Gasteiger charge is -2.28. The Balaban J connectivity index is 2.10. The van der Waals surface area contributed by atoms with Crippen molar-refractivity contribution in [2.45, 2.75) is 64.5 Å². The van der Waals surface area contributed by atoms with Crippen molar-refractivity contribution in [1.29, 1.82) is 0 Å². The van der Waals surface area contributed by atoms with Gasteiger partial charge in [-0.25, -0.2) is 0 Å². The normalized spacial score (nSPS) is 23.4. The molecule has 0 bridgehead atoms. The molecule has 0 aromatic carbocycles. The van der Waals surface area contributed by atoms with Gasteiger partial charge >= 0.3 is 0 Å². The molecule has 0 aliphatic heterocycles. The lowest BCUT2D eigenvalue weighted by Crippen LogP contribution is -2.36. The van der Waals surface area contributed by atoms with E-state index in [0.29, 0.717) is 6.04 Å². The third-order valence-electron chi connectivity index (χ3n) is 3.39. The van der Waals surface area contributed by atoms with E-state index >= 15 is 0 Å². The topological polar surface area (TPSA) is 32.3 Å². The Hall–Kier alpha value is -0.0800. The minimum Gasteiger partial charge on any atom is -0.393 e. The minimum atomic E-state index is -0.166. The van der Waals surface area contributed by atoms with Crippen LogP contribution in [0.15, 0.2) is 0 Å². The van der Waals surface area contributed by atoms with Gasteiger partial charge in [-0.3, -0.25) is 0 Å². The summed E-state index contributed by atoms with van der Waals surface area (Å²) in [4.78, 5) is 0. The molecule has 1 rings (SSSR count). The molecular weight excluding hydrogens is 174 g/mol. The molecule has 0 aromatic heterocycles. The molecule has 14 heavy (non-hydrogen) atoms. The molecule has 0 amide bonds. The lowest BCUT2D eigenvalue weighted by atomic mass is 9.84. The van der Waals surface area contributed by atoms with Crippen LogP contribution in [0.5, 0.6) is 0 Å². The van der Waals surface area contributed by atoms with Gasteiger partial charge in [-0.05, 0) is 45.6 Å². The van der Waals surface area contributed by atoms with Gasteiger partial charge in [0.1, 0.15) is 0 Å². The van der Waals surface area contributed by atoms with Gasteiger partial charge in [0, 0.05) is 6.04 Å². The van der Waals surface area contributed by atoms with Crippen LogP contribution in [0.2, 0.25) is 0 Å². The number of hydrogen-bond acceptors (Lipinski definition) is 2. The highest BCUT2D eigenvalue weighted by molar-refractivity contribution is 4.75. The summed E-state index contributed by atoms with van der Waals surface area (Å²) in [5.41, 5.74) is 0. The second kappa shape index (κ2) is 6.41. The highest BCUT2D eigenvalue weighted by Crippen LogP contribution is 2.26. The Morgan fingerprint density at radius 3 is 2.43 bits per heavy atom. The Kier molecular flexibility index (Phi) is 5.49. The highest BCUT2D eigenvalue weighted by Gasteiger charge is 2.19. The Morgan fingerprint density at radius 1 is 1.21 bits per heavy atom. The van der Waals surface area contributed by atoms with Gasteiger partial charge in [-0.15, -0.1) is 0 Å². The number of nitrogens with one attached hydrogen (secondary N) is 1. The van der Waals surface area contributed by atoms with Crippen LogP contribution >= 0.6 is 0 Å². The van der Waals surface area contributed by atoms with Gasteiger partial charge in [-0.1, -0.05) is 19.3 Å². The van der Waals surface area contributed by atoms with Crippen molar-refractivity contribution in [3.05, 3.63) is 0 Å². The number of rotatable bonds is 5. The van der Waals surface area contributed by atoms with E-state index < -0.39 is 0 Å². The van der Waals surface area contributed by atoms with Gasteiger partial charge < -0.3 is 10.4 Å². The van der Waals surface area contributed by atoms with E-state index in [4.69, 9.17) is 5.11 Å². The van der Waals surface area contributed by atoms with Crippen LogP contribution in [-0.4, -0.2) is 23.8 Å². The SMILES string of the molecule is C[C@H](O)CCN[C@H](C)C1CCCCC1. The average molecular weight is 199 g/mol. The summed E-state index contributed by atoms with van der Waals surface area (Å²) in [5, 5.41) is 12.7. The number of aliphatic hydroxyl groups is 1. The molecule has 1 saturated carbocycles. The summed E-state index contributed by atoms with van der Waals surface area (Å²) >= 11 is 0. The standard InChI is InChI=1S/C12H25NO/c1-10(14)8-9-13-11(2)12-6-4-3-5-7-12/h10-14H,3-9H2,1-2H3/t10-,11+/m0/s1. The molecule has 2 nitrogen and oxygen atoms in total. The molecular formula is C12H25NO. The first kappa shape index (κ1) is 12.0. The van der Waals surface area contributed by atoms with Gasteiger partial charge in [0.25, 0.3) is 0 Å². The molecule has 1 fully saturated rings. The van der Waals surface area contributed by atoms with Crippen molar-refractivity contribution in [2.75, 3.05) is 6.54 Å². The van der Waals surface area contributed by atoms with Crippen molar-refractivity contribution in [3.63, 3.8) is 0 Å². The molecule has 0 unspecified atom stereocenters. The summed E-state index contributed by atoms with van der Waals surface area (Å²) in [7, 11) is 0. The van der Waals surface area contributed by atoms with E-state index in [2.05, 4.69) is 12.2 Å². The Labute approximate surface area is 88.1 Å². The molecule has 0 spiro atoms. The van der Waals surface area contributed by atoms with Gasteiger partial charge in [-0.2, -0.15) is 0 Å².